The monoisotopic (exact) mass is 307 g/mol. The van der Waals surface area contributed by atoms with Crippen molar-refractivity contribution >= 4 is 28.3 Å². The van der Waals surface area contributed by atoms with Crippen LogP contribution in [0.1, 0.15) is 29.6 Å². The molecular formula is C12H17N7OS. The molecular weight excluding hydrogens is 290 g/mol. The fourth-order valence-electron chi connectivity index (χ4n) is 1.92. The maximum Gasteiger partial charge on any atom is 0.258 e. The van der Waals surface area contributed by atoms with Crippen LogP contribution in [0.3, 0.4) is 0 Å². The molecule has 1 saturated carbocycles. The summed E-state index contributed by atoms with van der Waals surface area (Å²) in [5.41, 5.74) is 6.26. The molecule has 0 aromatic carbocycles. The number of carbonyl (C=O) groups is 1. The van der Waals surface area contributed by atoms with Gasteiger partial charge in [-0.1, -0.05) is 5.21 Å². The molecule has 0 unspecified atom stereocenters. The highest BCUT2D eigenvalue weighted by atomic mass is 32.1. The predicted octanol–water partition coefficient (Wildman–Crippen LogP) is 0.711. The molecule has 0 saturated heterocycles. The number of nitrogens with two attached hydrogens (primary N) is 1. The van der Waals surface area contributed by atoms with Crippen LogP contribution in [0.15, 0.2) is 12.4 Å². The van der Waals surface area contributed by atoms with Gasteiger partial charge in [0.15, 0.2) is 5.82 Å². The minimum atomic E-state index is -0.137. The topological polar surface area (TPSA) is 111 Å². The number of amides is 1. The first-order valence-corrected chi connectivity index (χ1v) is 7.65. The van der Waals surface area contributed by atoms with Gasteiger partial charge in [-0.05, 0) is 30.8 Å². The second-order valence-corrected chi connectivity index (χ2v) is 5.74. The third-order valence-electron chi connectivity index (χ3n) is 3.18. The van der Waals surface area contributed by atoms with Crippen LogP contribution < -0.4 is 16.4 Å². The molecule has 1 fully saturated rings. The fourth-order valence-corrected chi connectivity index (χ4v) is 2.66. The van der Waals surface area contributed by atoms with Gasteiger partial charge in [-0.2, -0.15) is 4.37 Å². The first kappa shape index (κ1) is 13.8. The molecule has 0 spiro atoms. The number of nitrogens with zero attached hydrogens (tertiary/aromatic N) is 4. The van der Waals surface area contributed by atoms with Crippen molar-refractivity contribution in [2.24, 2.45) is 0 Å². The van der Waals surface area contributed by atoms with E-state index in [9.17, 15) is 4.79 Å². The zero-order valence-corrected chi connectivity index (χ0v) is 12.3. The molecule has 2 aromatic heterocycles. The summed E-state index contributed by atoms with van der Waals surface area (Å²) in [6.45, 7) is 1.48. The van der Waals surface area contributed by atoms with E-state index in [-0.39, 0.29) is 11.7 Å². The molecule has 8 nitrogen and oxygen atoms in total. The molecule has 0 radical (unpaired) electrons. The number of aryl methyl sites for hydroxylation is 1. The summed E-state index contributed by atoms with van der Waals surface area (Å²) in [7, 11) is 0. The van der Waals surface area contributed by atoms with E-state index in [1.807, 2.05) is 6.20 Å². The van der Waals surface area contributed by atoms with Crippen LogP contribution in [0, 0.1) is 0 Å². The summed E-state index contributed by atoms with van der Waals surface area (Å²) in [6.07, 6.45) is 6.43. The van der Waals surface area contributed by atoms with E-state index in [0.29, 0.717) is 18.2 Å². The molecule has 21 heavy (non-hydrogen) atoms. The van der Waals surface area contributed by atoms with Gasteiger partial charge in [0.2, 0.25) is 0 Å². The number of hydrogen-bond acceptors (Lipinski definition) is 7. The first-order valence-electron chi connectivity index (χ1n) is 6.88. The maximum atomic E-state index is 12.1. The lowest BCUT2D eigenvalue weighted by Gasteiger charge is -2.07. The largest absolute Gasteiger partial charge is 0.382 e. The van der Waals surface area contributed by atoms with Crippen LogP contribution in [0.2, 0.25) is 0 Å². The molecule has 0 aliphatic heterocycles. The van der Waals surface area contributed by atoms with Crippen molar-refractivity contribution in [3.8, 4) is 0 Å². The van der Waals surface area contributed by atoms with Gasteiger partial charge in [-0.3, -0.25) is 9.48 Å². The summed E-state index contributed by atoms with van der Waals surface area (Å²) >= 11 is 1.22. The van der Waals surface area contributed by atoms with Gasteiger partial charge in [-0.25, -0.2) is 0 Å². The average molecular weight is 307 g/mol. The Kier molecular flexibility index (Phi) is 4.00. The van der Waals surface area contributed by atoms with Crippen LogP contribution in [0.25, 0.3) is 0 Å². The van der Waals surface area contributed by atoms with Crippen molar-refractivity contribution in [1.82, 2.24) is 24.7 Å². The minimum Gasteiger partial charge on any atom is -0.382 e. The second-order valence-electron chi connectivity index (χ2n) is 4.97. The summed E-state index contributed by atoms with van der Waals surface area (Å²) < 4.78 is 5.83. The van der Waals surface area contributed by atoms with Gasteiger partial charge in [0.1, 0.15) is 10.6 Å². The summed E-state index contributed by atoms with van der Waals surface area (Å²) in [6, 6.07) is 0.303. The lowest BCUT2D eigenvalue weighted by molar-refractivity contribution is 0.0953. The van der Waals surface area contributed by atoms with Crippen LogP contribution in [0.5, 0.6) is 0 Å². The van der Waals surface area contributed by atoms with Crippen LogP contribution in [-0.4, -0.2) is 37.9 Å². The van der Waals surface area contributed by atoms with Crippen molar-refractivity contribution in [2.75, 3.05) is 17.6 Å². The molecule has 0 bridgehead atoms. The van der Waals surface area contributed by atoms with Gasteiger partial charge in [0.05, 0.1) is 6.20 Å². The van der Waals surface area contributed by atoms with Crippen molar-refractivity contribution < 1.29 is 4.79 Å². The molecule has 1 amide bonds. The Labute approximate surface area is 125 Å². The van der Waals surface area contributed by atoms with Crippen molar-refractivity contribution in [3.63, 3.8) is 0 Å². The highest BCUT2D eigenvalue weighted by Crippen LogP contribution is 2.28. The Bertz CT molecular complexity index is 605. The van der Waals surface area contributed by atoms with Crippen LogP contribution in [-0.2, 0) is 6.54 Å². The minimum absolute atomic E-state index is 0.137. The Morgan fingerprint density at radius 2 is 2.38 bits per heavy atom. The number of anilines is 2. The van der Waals surface area contributed by atoms with Crippen molar-refractivity contribution in [1.29, 1.82) is 0 Å². The van der Waals surface area contributed by atoms with E-state index in [4.69, 9.17) is 5.73 Å². The van der Waals surface area contributed by atoms with E-state index < -0.39 is 0 Å². The first-order chi connectivity index (χ1) is 10.2. The summed E-state index contributed by atoms with van der Waals surface area (Å²) in [4.78, 5) is 12.1. The van der Waals surface area contributed by atoms with Gasteiger partial charge >= 0.3 is 0 Å². The summed E-state index contributed by atoms with van der Waals surface area (Å²) in [5.74, 6) is 0.152. The normalized spacial score (nSPS) is 14.1. The number of nitrogen functional groups attached to an aromatic ring is 1. The van der Waals surface area contributed by atoms with Gasteiger partial charge in [0.25, 0.3) is 5.91 Å². The van der Waals surface area contributed by atoms with E-state index in [1.165, 1.54) is 11.5 Å². The van der Waals surface area contributed by atoms with E-state index in [0.717, 1.165) is 30.8 Å². The number of nitrogens with one attached hydrogen (secondary N) is 2. The van der Waals surface area contributed by atoms with Gasteiger partial charge in [0, 0.05) is 25.3 Å². The number of hydrogen-bond donors (Lipinski definition) is 3. The van der Waals surface area contributed by atoms with Crippen LogP contribution >= 0.6 is 11.5 Å². The zero-order valence-electron chi connectivity index (χ0n) is 11.5. The highest BCUT2D eigenvalue weighted by Gasteiger charge is 2.27. The Morgan fingerprint density at radius 1 is 1.52 bits per heavy atom. The predicted molar refractivity (Wildman–Crippen MR) is 80.1 cm³/mol. The molecule has 9 heteroatoms. The number of carbonyl (C=O) groups excluding carboxylic acids is 1. The Hall–Kier alpha value is -2.16. The molecule has 1 aliphatic carbocycles. The lowest BCUT2D eigenvalue weighted by Crippen LogP contribution is -2.26. The lowest BCUT2D eigenvalue weighted by atomic mass is 10.3. The van der Waals surface area contributed by atoms with Crippen LogP contribution in [0.4, 0.5) is 10.8 Å². The zero-order chi connectivity index (χ0) is 14.7. The van der Waals surface area contributed by atoms with Gasteiger partial charge in [-0.15, -0.1) is 5.10 Å². The van der Waals surface area contributed by atoms with E-state index in [1.54, 1.807) is 10.9 Å². The van der Waals surface area contributed by atoms with Crippen molar-refractivity contribution in [2.45, 2.75) is 31.8 Å². The SMILES string of the molecule is Nc1nsc(NCCCn2ccnn2)c1C(=O)NC1CC1. The van der Waals surface area contributed by atoms with E-state index in [2.05, 4.69) is 25.3 Å². The van der Waals surface area contributed by atoms with Crippen molar-refractivity contribution in [3.05, 3.63) is 18.0 Å². The average Bonchev–Trinajstić information content (AvgIpc) is 2.99. The van der Waals surface area contributed by atoms with E-state index >= 15 is 0 Å². The number of aromatic nitrogens is 4. The molecule has 3 rings (SSSR count). The summed E-state index contributed by atoms with van der Waals surface area (Å²) in [5, 5.41) is 14.5. The molecule has 112 valence electrons. The standard InChI is InChI=1S/C12H17N7OS/c13-10-9(11(20)16-8-2-3-8)12(21-17-10)14-4-1-6-19-7-5-15-18-19/h5,7-8,14H,1-4,6H2,(H2,13,17)(H,16,20). The van der Waals surface area contributed by atoms with Gasteiger partial charge < -0.3 is 16.4 Å². The number of rotatable bonds is 7. The fraction of sp³-hybridized carbons (Fsp3) is 0.500. The smallest absolute Gasteiger partial charge is 0.258 e. The highest BCUT2D eigenvalue weighted by molar-refractivity contribution is 7.11. The maximum absolute atomic E-state index is 12.1. The molecule has 2 heterocycles. The quantitative estimate of drug-likeness (QED) is 0.650. The Morgan fingerprint density at radius 3 is 3.10 bits per heavy atom. The molecule has 1 aliphatic rings. The third-order valence-corrected chi connectivity index (χ3v) is 4.00. The third kappa shape index (κ3) is 3.48. The molecule has 2 aromatic rings. The Balaban J connectivity index is 1.53. The molecule has 4 N–H and O–H groups in total. The molecule has 0 atom stereocenters. The second kappa shape index (κ2) is 6.08.